The van der Waals surface area contributed by atoms with Crippen LogP contribution in [-0.4, -0.2) is 41.4 Å². The van der Waals surface area contributed by atoms with Crippen LogP contribution in [0.1, 0.15) is 32.3 Å². The summed E-state index contributed by atoms with van der Waals surface area (Å²) in [6, 6.07) is 8.64. The lowest BCUT2D eigenvalue weighted by Crippen LogP contribution is -2.42. The summed E-state index contributed by atoms with van der Waals surface area (Å²) >= 11 is 0. The molecule has 2 rings (SSSR count). The third-order valence-electron chi connectivity index (χ3n) is 3.99. The average Bonchev–Trinajstić information content (AvgIpc) is 3.23. The maximum absolute atomic E-state index is 12.3. The Labute approximate surface area is 121 Å². The van der Waals surface area contributed by atoms with Crippen LogP contribution in [0.25, 0.3) is 0 Å². The highest BCUT2D eigenvalue weighted by Gasteiger charge is 2.30. The van der Waals surface area contributed by atoms with Gasteiger partial charge in [-0.1, -0.05) is 18.2 Å². The van der Waals surface area contributed by atoms with Crippen LogP contribution in [0.15, 0.2) is 24.3 Å². The van der Waals surface area contributed by atoms with Crippen LogP contribution in [-0.2, 0) is 11.3 Å². The van der Waals surface area contributed by atoms with Crippen LogP contribution in [0.5, 0.6) is 0 Å². The van der Waals surface area contributed by atoms with E-state index in [2.05, 4.69) is 18.7 Å². The van der Waals surface area contributed by atoms with Crippen LogP contribution in [0.4, 0.5) is 5.69 Å². The van der Waals surface area contributed by atoms with E-state index in [0.29, 0.717) is 25.2 Å². The van der Waals surface area contributed by atoms with Gasteiger partial charge >= 0.3 is 0 Å². The van der Waals surface area contributed by atoms with Crippen molar-refractivity contribution in [3.05, 3.63) is 29.8 Å². The third kappa shape index (κ3) is 3.73. The number of amides is 1. The van der Waals surface area contributed by atoms with Gasteiger partial charge in [0.1, 0.15) is 0 Å². The van der Waals surface area contributed by atoms with Gasteiger partial charge in [-0.15, -0.1) is 0 Å². The van der Waals surface area contributed by atoms with Crippen LogP contribution in [0.2, 0.25) is 0 Å². The first-order valence-electron chi connectivity index (χ1n) is 7.32. The molecule has 1 fully saturated rings. The first-order chi connectivity index (χ1) is 9.49. The molecule has 4 heteroatoms. The van der Waals surface area contributed by atoms with Gasteiger partial charge < -0.3 is 10.6 Å². The van der Waals surface area contributed by atoms with E-state index < -0.39 is 0 Å². The van der Waals surface area contributed by atoms with Gasteiger partial charge in [-0.3, -0.25) is 9.69 Å². The number of anilines is 1. The average molecular weight is 275 g/mol. The highest BCUT2D eigenvalue weighted by atomic mass is 16.2. The summed E-state index contributed by atoms with van der Waals surface area (Å²) < 4.78 is 0. The van der Waals surface area contributed by atoms with Gasteiger partial charge in [0.25, 0.3) is 0 Å². The van der Waals surface area contributed by atoms with Gasteiger partial charge in [0.05, 0.1) is 6.54 Å². The standard InChI is InChI=1S/C16H25N3O/c1-12(2)19(10-13-6-4-5-7-15(13)17)11-16(20)18(3)14-8-9-14/h4-7,12,14H,8-11,17H2,1-3H3. The van der Waals surface area contributed by atoms with Crippen molar-refractivity contribution in [2.75, 3.05) is 19.3 Å². The minimum Gasteiger partial charge on any atom is -0.398 e. The van der Waals surface area contributed by atoms with E-state index in [4.69, 9.17) is 5.73 Å². The second kappa shape index (κ2) is 6.27. The predicted octanol–water partition coefficient (Wildman–Crippen LogP) is 2.10. The normalized spacial score (nSPS) is 14.8. The fourth-order valence-corrected chi connectivity index (χ4v) is 2.27. The molecule has 1 saturated carbocycles. The zero-order chi connectivity index (χ0) is 14.7. The molecule has 2 N–H and O–H groups in total. The zero-order valence-corrected chi connectivity index (χ0v) is 12.7. The summed E-state index contributed by atoms with van der Waals surface area (Å²) in [6.07, 6.45) is 2.30. The van der Waals surface area contributed by atoms with E-state index >= 15 is 0 Å². The van der Waals surface area contributed by atoms with Gasteiger partial charge in [-0.25, -0.2) is 0 Å². The Morgan fingerprint density at radius 3 is 2.55 bits per heavy atom. The summed E-state index contributed by atoms with van der Waals surface area (Å²) in [5.74, 6) is 0.204. The molecule has 0 aromatic heterocycles. The number of carbonyl (C=O) groups is 1. The maximum Gasteiger partial charge on any atom is 0.236 e. The first-order valence-corrected chi connectivity index (χ1v) is 7.32. The van der Waals surface area contributed by atoms with Crippen LogP contribution < -0.4 is 5.73 Å². The van der Waals surface area contributed by atoms with E-state index in [1.165, 1.54) is 0 Å². The van der Waals surface area contributed by atoms with Crippen molar-refractivity contribution in [1.82, 2.24) is 9.80 Å². The summed E-state index contributed by atoms with van der Waals surface area (Å²) in [5, 5.41) is 0. The molecule has 20 heavy (non-hydrogen) atoms. The molecule has 0 saturated heterocycles. The van der Waals surface area contributed by atoms with Gasteiger partial charge in [-0.05, 0) is 38.3 Å². The zero-order valence-electron chi connectivity index (χ0n) is 12.7. The highest BCUT2D eigenvalue weighted by Crippen LogP contribution is 2.25. The lowest BCUT2D eigenvalue weighted by atomic mass is 10.1. The Morgan fingerprint density at radius 1 is 1.35 bits per heavy atom. The smallest absolute Gasteiger partial charge is 0.236 e. The Balaban J connectivity index is 2.00. The van der Waals surface area contributed by atoms with Crippen LogP contribution >= 0.6 is 0 Å². The molecule has 0 atom stereocenters. The number of nitrogens with zero attached hydrogens (tertiary/aromatic N) is 2. The maximum atomic E-state index is 12.3. The lowest BCUT2D eigenvalue weighted by Gasteiger charge is -2.28. The van der Waals surface area contributed by atoms with Crippen molar-refractivity contribution in [3.8, 4) is 0 Å². The monoisotopic (exact) mass is 275 g/mol. The summed E-state index contributed by atoms with van der Waals surface area (Å²) in [7, 11) is 1.91. The van der Waals surface area contributed by atoms with Gasteiger partial charge in [-0.2, -0.15) is 0 Å². The van der Waals surface area contributed by atoms with E-state index in [-0.39, 0.29) is 5.91 Å². The van der Waals surface area contributed by atoms with Gasteiger partial charge in [0.15, 0.2) is 0 Å². The lowest BCUT2D eigenvalue weighted by molar-refractivity contribution is -0.132. The Bertz CT molecular complexity index is 469. The molecule has 0 radical (unpaired) electrons. The molecule has 0 spiro atoms. The molecule has 1 aliphatic carbocycles. The molecule has 0 unspecified atom stereocenters. The van der Waals surface area contributed by atoms with Crippen LogP contribution in [0, 0.1) is 0 Å². The number of rotatable bonds is 6. The van der Waals surface area contributed by atoms with Crippen molar-refractivity contribution in [2.45, 2.75) is 45.3 Å². The molecular weight excluding hydrogens is 250 g/mol. The quantitative estimate of drug-likeness (QED) is 0.809. The van der Waals surface area contributed by atoms with Gasteiger partial charge in [0, 0.05) is 31.4 Å². The number of benzene rings is 1. The molecule has 0 heterocycles. The largest absolute Gasteiger partial charge is 0.398 e. The molecule has 1 aliphatic rings. The fraction of sp³-hybridized carbons (Fsp3) is 0.562. The number of nitrogen functional groups attached to an aromatic ring is 1. The number of nitrogens with two attached hydrogens (primary N) is 1. The molecule has 1 aromatic carbocycles. The van der Waals surface area contributed by atoms with Crippen molar-refractivity contribution < 1.29 is 4.79 Å². The Kier molecular flexibility index (Phi) is 4.65. The first kappa shape index (κ1) is 14.9. The molecule has 4 nitrogen and oxygen atoms in total. The molecule has 1 aromatic rings. The SMILES string of the molecule is CC(C)N(CC(=O)N(C)C1CC1)Cc1ccccc1N. The second-order valence-corrected chi connectivity index (χ2v) is 5.93. The summed E-state index contributed by atoms with van der Waals surface area (Å²) in [5.41, 5.74) is 7.87. The molecule has 0 aliphatic heterocycles. The molecular formula is C16H25N3O. The van der Waals surface area contributed by atoms with E-state index in [1.807, 2.05) is 36.2 Å². The predicted molar refractivity (Wildman–Crippen MR) is 82.2 cm³/mol. The number of likely N-dealkylation sites (N-methyl/N-ethyl adjacent to an activating group) is 1. The second-order valence-electron chi connectivity index (χ2n) is 5.93. The molecule has 110 valence electrons. The van der Waals surface area contributed by atoms with E-state index in [9.17, 15) is 4.79 Å². The van der Waals surface area contributed by atoms with Crippen molar-refractivity contribution in [3.63, 3.8) is 0 Å². The van der Waals surface area contributed by atoms with Crippen molar-refractivity contribution in [1.29, 1.82) is 0 Å². The number of hydrogen-bond donors (Lipinski definition) is 1. The molecule has 1 amide bonds. The number of carbonyl (C=O) groups excluding carboxylic acids is 1. The number of para-hydroxylation sites is 1. The Hall–Kier alpha value is -1.55. The minimum absolute atomic E-state index is 0.204. The van der Waals surface area contributed by atoms with Crippen molar-refractivity contribution >= 4 is 11.6 Å². The van der Waals surface area contributed by atoms with Crippen molar-refractivity contribution in [2.24, 2.45) is 0 Å². The highest BCUT2D eigenvalue weighted by molar-refractivity contribution is 5.78. The van der Waals surface area contributed by atoms with Gasteiger partial charge in [0.2, 0.25) is 5.91 Å². The van der Waals surface area contributed by atoms with E-state index in [0.717, 1.165) is 24.1 Å². The number of hydrogen-bond acceptors (Lipinski definition) is 3. The summed E-state index contributed by atoms with van der Waals surface area (Å²) in [6.45, 7) is 5.40. The topological polar surface area (TPSA) is 49.6 Å². The Morgan fingerprint density at radius 2 is 2.00 bits per heavy atom. The summed E-state index contributed by atoms with van der Waals surface area (Å²) in [4.78, 5) is 16.3. The van der Waals surface area contributed by atoms with E-state index in [1.54, 1.807) is 0 Å². The van der Waals surface area contributed by atoms with Crippen LogP contribution in [0.3, 0.4) is 0 Å². The molecule has 0 bridgehead atoms. The fourth-order valence-electron chi connectivity index (χ4n) is 2.27. The third-order valence-corrected chi connectivity index (χ3v) is 3.99. The minimum atomic E-state index is 0.204.